The number of ether oxygens (including phenoxy) is 1. The van der Waals surface area contributed by atoms with Crippen molar-refractivity contribution < 1.29 is 9.53 Å². The molecule has 0 aliphatic carbocycles. The Morgan fingerprint density at radius 2 is 1.42 bits per heavy atom. The van der Waals surface area contributed by atoms with Gasteiger partial charge in [0.15, 0.2) is 0 Å². The van der Waals surface area contributed by atoms with Crippen molar-refractivity contribution in [2.45, 2.75) is 65.2 Å². The molecule has 134 valence electrons. The summed E-state index contributed by atoms with van der Waals surface area (Å²) in [5.41, 5.74) is 0. The number of allylic oxidation sites excluding steroid dienone is 9. The first-order valence-electron chi connectivity index (χ1n) is 9.27. The zero-order valence-corrected chi connectivity index (χ0v) is 15.5. The summed E-state index contributed by atoms with van der Waals surface area (Å²) >= 11 is 0. The Bertz CT molecular complexity index is 425. The molecule has 0 radical (unpaired) electrons. The van der Waals surface area contributed by atoms with Crippen molar-refractivity contribution in [2.75, 3.05) is 6.61 Å². The van der Waals surface area contributed by atoms with Crippen molar-refractivity contribution >= 4 is 5.97 Å². The van der Waals surface area contributed by atoms with E-state index >= 15 is 0 Å². The molecule has 0 heterocycles. The molecular weight excluding hydrogens is 296 g/mol. The van der Waals surface area contributed by atoms with Gasteiger partial charge in [-0.25, -0.2) is 4.79 Å². The molecule has 0 saturated heterocycles. The highest BCUT2D eigenvalue weighted by molar-refractivity contribution is 5.81. The molecule has 0 amide bonds. The number of carbonyl (C=O) groups excluding carboxylic acids is 1. The van der Waals surface area contributed by atoms with Crippen LogP contribution in [0.25, 0.3) is 0 Å². The number of hydrogen-bond acceptors (Lipinski definition) is 2. The van der Waals surface area contributed by atoms with Crippen LogP contribution in [0.4, 0.5) is 0 Å². The maximum absolute atomic E-state index is 11.0. The summed E-state index contributed by atoms with van der Waals surface area (Å²) in [7, 11) is 0. The smallest absolute Gasteiger partial charge is 0.330 e. The third kappa shape index (κ3) is 18.2. The molecule has 0 aromatic rings. The Hall–Kier alpha value is -1.83. The van der Waals surface area contributed by atoms with Gasteiger partial charge in [-0.15, -0.1) is 0 Å². The number of hydrogen-bond donors (Lipinski definition) is 0. The zero-order valence-electron chi connectivity index (χ0n) is 15.5. The van der Waals surface area contributed by atoms with Crippen LogP contribution >= 0.6 is 0 Å². The standard InChI is InChI=1S/C22H34O2/c1-3-5-6-7-8-9-10-11-12-13-14-15-16-17-18-19-20-21-22(23)24-4-2/h8-9,13-18,20-21H,3-7,10-12,19H2,1-2H3. The van der Waals surface area contributed by atoms with E-state index in [0.29, 0.717) is 6.61 Å². The van der Waals surface area contributed by atoms with Crippen LogP contribution in [0.2, 0.25) is 0 Å². The molecule has 0 unspecified atom stereocenters. The number of esters is 1. The van der Waals surface area contributed by atoms with Crippen LogP contribution in [-0.2, 0) is 9.53 Å². The fraction of sp³-hybridized carbons (Fsp3) is 0.500. The van der Waals surface area contributed by atoms with Crippen LogP contribution in [0.15, 0.2) is 60.8 Å². The summed E-state index contributed by atoms with van der Waals surface area (Å²) in [6, 6.07) is 0. The van der Waals surface area contributed by atoms with E-state index in [2.05, 4.69) is 31.2 Å². The summed E-state index contributed by atoms with van der Waals surface area (Å²) < 4.78 is 4.79. The molecule has 0 rings (SSSR count). The average molecular weight is 331 g/mol. The van der Waals surface area contributed by atoms with Gasteiger partial charge in [-0.1, -0.05) is 74.4 Å². The van der Waals surface area contributed by atoms with Crippen LogP contribution in [-0.4, -0.2) is 12.6 Å². The Balaban J connectivity index is 3.54. The van der Waals surface area contributed by atoms with E-state index in [1.165, 1.54) is 44.6 Å². The van der Waals surface area contributed by atoms with Crippen molar-refractivity contribution in [2.24, 2.45) is 0 Å². The molecule has 0 fully saturated rings. The maximum atomic E-state index is 11.0. The highest BCUT2D eigenvalue weighted by Crippen LogP contribution is 2.03. The van der Waals surface area contributed by atoms with Crippen molar-refractivity contribution in [3.05, 3.63) is 60.8 Å². The summed E-state index contributed by atoms with van der Waals surface area (Å²) in [6.45, 7) is 4.46. The molecule has 2 heteroatoms. The largest absolute Gasteiger partial charge is 0.463 e. The van der Waals surface area contributed by atoms with Gasteiger partial charge in [0, 0.05) is 6.08 Å². The van der Waals surface area contributed by atoms with Crippen LogP contribution in [0, 0.1) is 0 Å². The SMILES string of the molecule is CCCCCC=CCCCC=CC=CC=CCC=CC(=O)OCC. The quantitative estimate of drug-likeness (QED) is 0.120. The summed E-state index contributed by atoms with van der Waals surface area (Å²) in [5, 5.41) is 0. The molecule has 24 heavy (non-hydrogen) atoms. The molecular formula is C22H34O2. The van der Waals surface area contributed by atoms with Gasteiger partial charge in [0.05, 0.1) is 6.61 Å². The Labute approximate surface area is 148 Å². The van der Waals surface area contributed by atoms with Crippen molar-refractivity contribution in [1.82, 2.24) is 0 Å². The lowest BCUT2D eigenvalue weighted by molar-refractivity contribution is -0.137. The van der Waals surface area contributed by atoms with Gasteiger partial charge in [0.2, 0.25) is 0 Å². The monoisotopic (exact) mass is 330 g/mol. The van der Waals surface area contributed by atoms with Crippen molar-refractivity contribution in [3.8, 4) is 0 Å². The lowest BCUT2D eigenvalue weighted by Crippen LogP contribution is -1.98. The second-order valence-corrected chi connectivity index (χ2v) is 5.53. The molecule has 0 saturated carbocycles. The van der Waals surface area contributed by atoms with Crippen molar-refractivity contribution in [3.63, 3.8) is 0 Å². The lowest BCUT2D eigenvalue weighted by Gasteiger charge is -1.92. The molecule has 0 spiro atoms. The molecule has 0 aromatic heterocycles. The van der Waals surface area contributed by atoms with Crippen LogP contribution in [0.5, 0.6) is 0 Å². The predicted molar refractivity (Wildman–Crippen MR) is 105 cm³/mol. The third-order valence-corrected chi connectivity index (χ3v) is 3.30. The Morgan fingerprint density at radius 1 is 0.750 bits per heavy atom. The number of carbonyl (C=O) groups is 1. The predicted octanol–water partition coefficient (Wildman–Crippen LogP) is 6.47. The average Bonchev–Trinajstić information content (AvgIpc) is 2.58. The van der Waals surface area contributed by atoms with Crippen molar-refractivity contribution in [1.29, 1.82) is 0 Å². The van der Waals surface area contributed by atoms with Gasteiger partial charge in [-0.2, -0.15) is 0 Å². The van der Waals surface area contributed by atoms with Gasteiger partial charge >= 0.3 is 5.97 Å². The van der Waals surface area contributed by atoms with E-state index in [4.69, 9.17) is 4.74 Å². The summed E-state index contributed by atoms with van der Waals surface area (Å²) in [6.07, 6.45) is 29.6. The Kier molecular flexibility index (Phi) is 17.8. The second kappa shape index (κ2) is 19.2. The van der Waals surface area contributed by atoms with Gasteiger partial charge in [0.25, 0.3) is 0 Å². The maximum Gasteiger partial charge on any atom is 0.330 e. The first-order chi connectivity index (χ1) is 11.8. The molecule has 0 bridgehead atoms. The number of unbranched alkanes of at least 4 members (excludes halogenated alkanes) is 5. The van der Waals surface area contributed by atoms with E-state index in [1.807, 2.05) is 24.3 Å². The topological polar surface area (TPSA) is 26.3 Å². The van der Waals surface area contributed by atoms with E-state index in [1.54, 1.807) is 13.0 Å². The summed E-state index contributed by atoms with van der Waals surface area (Å²) in [5.74, 6) is -0.278. The molecule has 0 aliphatic rings. The molecule has 0 atom stereocenters. The van der Waals surface area contributed by atoms with Crippen LogP contribution in [0.1, 0.15) is 65.2 Å². The highest BCUT2D eigenvalue weighted by atomic mass is 16.5. The molecule has 0 N–H and O–H groups in total. The van der Waals surface area contributed by atoms with Gasteiger partial charge in [-0.3, -0.25) is 0 Å². The zero-order chi connectivity index (χ0) is 17.7. The minimum atomic E-state index is -0.278. The fourth-order valence-corrected chi connectivity index (χ4v) is 1.99. The highest BCUT2D eigenvalue weighted by Gasteiger charge is 1.90. The minimum absolute atomic E-state index is 0.278. The van der Waals surface area contributed by atoms with Gasteiger partial charge in [-0.05, 0) is 45.4 Å². The third-order valence-electron chi connectivity index (χ3n) is 3.30. The van der Waals surface area contributed by atoms with Crippen LogP contribution < -0.4 is 0 Å². The second-order valence-electron chi connectivity index (χ2n) is 5.53. The fourth-order valence-electron chi connectivity index (χ4n) is 1.99. The molecule has 0 aliphatic heterocycles. The lowest BCUT2D eigenvalue weighted by atomic mass is 10.1. The molecule has 2 nitrogen and oxygen atoms in total. The van der Waals surface area contributed by atoms with E-state index in [0.717, 1.165) is 12.8 Å². The number of rotatable bonds is 14. The Morgan fingerprint density at radius 3 is 2.12 bits per heavy atom. The minimum Gasteiger partial charge on any atom is -0.463 e. The van der Waals surface area contributed by atoms with E-state index in [-0.39, 0.29) is 5.97 Å². The first kappa shape index (κ1) is 22.2. The van der Waals surface area contributed by atoms with Gasteiger partial charge < -0.3 is 4.74 Å². The van der Waals surface area contributed by atoms with Gasteiger partial charge in [0.1, 0.15) is 0 Å². The normalized spacial score (nSPS) is 12.6. The van der Waals surface area contributed by atoms with E-state index in [9.17, 15) is 4.79 Å². The first-order valence-corrected chi connectivity index (χ1v) is 9.27. The molecule has 0 aromatic carbocycles. The summed E-state index contributed by atoms with van der Waals surface area (Å²) in [4.78, 5) is 11.0. The van der Waals surface area contributed by atoms with Crippen LogP contribution in [0.3, 0.4) is 0 Å². The van der Waals surface area contributed by atoms with E-state index < -0.39 is 0 Å².